The van der Waals surface area contributed by atoms with Gasteiger partial charge in [0.25, 0.3) is 30.4 Å². The molecule has 0 aliphatic carbocycles. The Bertz CT molecular complexity index is 1200. The lowest BCUT2D eigenvalue weighted by Gasteiger charge is -2.15. The number of hydrogen-bond donors (Lipinski definition) is 5. The van der Waals surface area contributed by atoms with E-state index < -0.39 is 58.1 Å². The first kappa shape index (κ1) is 21.3. The molecule has 0 fully saturated rings. The first-order valence-electron chi connectivity index (χ1n) is 7.08. The molecule has 2 aromatic carbocycles. The summed E-state index contributed by atoms with van der Waals surface area (Å²) in [4.78, 5) is -0.903. The molecule has 11 nitrogen and oxygen atoms in total. The number of fused-ring (bicyclic) bond motifs is 1. The average Bonchev–Trinajstić information content (AvgIpc) is 2.46. The molecule has 150 valence electrons. The van der Waals surface area contributed by atoms with Crippen molar-refractivity contribution >= 4 is 46.8 Å². The van der Waals surface area contributed by atoms with E-state index in [1.54, 1.807) is 0 Å². The summed E-state index contributed by atoms with van der Waals surface area (Å²) < 4.78 is 94.2. The van der Waals surface area contributed by atoms with Crippen molar-refractivity contribution in [3.8, 4) is 5.75 Å². The summed E-state index contributed by atoms with van der Waals surface area (Å²) in [6.45, 7) is -0.273. The molecule has 0 spiro atoms. The summed E-state index contributed by atoms with van der Waals surface area (Å²) in [7, 11) is -14.0. The lowest BCUT2D eigenvalue weighted by molar-refractivity contribution is 0.459. The highest BCUT2D eigenvalue weighted by Crippen LogP contribution is 2.39. The van der Waals surface area contributed by atoms with Crippen molar-refractivity contribution in [3.05, 3.63) is 29.8 Å². The number of phenolic OH excluding ortho intramolecular Hbond substituents is 1. The largest absolute Gasteiger partial charge is 0.507 e. The molecule has 14 heteroatoms. The van der Waals surface area contributed by atoms with Crippen LogP contribution in [0.25, 0.3) is 10.8 Å². The van der Waals surface area contributed by atoms with Gasteiger partial charge >= 0.3 is 0 Å². The summed E-state index contributed by atoms with van der Waals surface area (Å²) >= 11 is 0. The van der Waals surface area contributed by atoms with Gasteiger partial charge in [0.1, 0.15) is 16.4 Å². The van der Waals surface area contributed by atoms with Crippen LogP contribution in [-0.2, 0) is 36.1 Å². The second-order valence-corrected chi connectivity index (χ2v) is 9.93. The predicted octanol–water partition coefficient (Wildman–Crippen LogP) is 0.480. The highest BCUT2D eigenvalue weighted by molar-refractivity contribution is 7.86. The average molecular weight is 441 g/mol. The Morgan fingerprint density at radius 1 is 0.926 bits per heavy atom. The molecule has 0 heterocycles. The van der Waals surface area contributed by atoms with E-state index in [4.69, 9.17) is 9.11 Å². The number of phenols is 1. The number of hydrogen-bond acceptors (Lipinski definition) is 8. The zero-order valence-electron chi connectivity index (χ0n) is 13.4. The van der Waals surface area contributed by atoms with Crippen LogP contribution in [0, 0.1) is 0 Å². The number of aromatic hydroxyl groups is 1. The SMILES string of the molecule is O=S(=O)(O)CCNc1cccc2cc(S(=O)(=O)O)c(CS(=O)(=O)O)c(O)c12. The lowest BCUT2D eigenvalue weighted by Crippen LogP contribution is -2.15. The summed E-state index contributed by atoms with van der Waals surface area (Å²) in [5, 5.41) is 13.1. The van der Waals surface area contributed by atoms with Gasteiger partial charge in [-0.25, -0.2) is 0 Å². The Kier molecular flexibility index (Phi) is 5.70. The Labute approximate surface area is 154 Å². The fourth-order valence-corrected chi connectivity index (χ4v) is 4.33. The van der Waals surface area contributed by atoms with Gasteiger partial charge in [0, 0.05) is 23.2 Å². The standard InChI is InChI=1S/C13H15NO10S3/c15-13-9(7-26(19,20)21)11(27(22,23)24)6-8-2-1-3-10(12(8)13)14-4-5-25(16,17)18/h1-3,6,14-15H,4-5,7H2,(H,16,17,18)(H,19,20,21)(H,22,23,24). The quantitative estimate of drug-likeness (QED) is 0.375. The number of anilines is 1. The fraction of sp³-hybridized carbons (Fsp3) is 0.231. The highest BCUT2D eigenvalue weighted by Gasteiger charge is 2.26. The van der Waals surface area contributed by atoms with Gasteiger partial charge < -0.3 is 10.4 Å². The van der Waals surface area contributed by atoms with Crippen LogP contribution in [0.1, 0.15) is 5.56 Å². The molecular formula is C13H15NO10S3. The highest BCUT2D eigenvalue weighted by atomic mass is 32.2. The molecule has 0 unspecified atom stereocenters. The molecule has 2 aromatic rings. The van der Waals surface area contributed by atoms with Crippen LogP contribution in [0.5, 0.6) is 5.75 Å². The first-order chi connectivity index (χ1) is 12.2. The molecule has 0 aromatic heterocycles. The minimum atomic E-state index is -4.94. The van der Waals surface area contributed by atoms with E-state index in [1.807, 2.05) is 0 Å². The monoisotopic (exact) mass is 441 g/mol. The van der Waals surface area contributed by atoms with Crippen molar-refractivity contribution in [2.24, 2.45) is 0 Å². The summed E-state index contributed by atoms with van der Waals surface area (Å²) in [5.41, 5.74) is -0.649. The number of rotatable bonds is 7. The van der Waals surface area contributed by atoms with Gasteiger partial charge in [0.15, 0.2) is 0 Å². The zero-order chi connectivity index (χ0) is 20.6. The summed E-state index contributed by atoms with van der Waals surface area (Å²) in [6, 6.07) is 5.07. The van der Waals surface area contributed by atoms with Gasteiger partial charge in [0.2, 0.25) is 0 Å². The van der Waals surface area contributed by atoms with E-state index in [2.05, 4.69) is 5.32 Å². The summed E-state index contributed by atoms with van der Waals surface area (Å²) in [5.74, 6) is -2.79. The smallest absolute Gasteiger partial charge is 0.294 e. The van der Waals surface area contributed by atoms with Gasteiger partial charge in [-0.2, -0.15) is 25.3 Å². The van der Waals surface area contributed by atoms with Crippen molar-refractivity contribution < 1.29 is 44.0 Å². The Balaban J connectivity index is 2.71. The third-order valence-corrected chi connectivity index (χ3v) is 5.78. The fourth-order valence-electron chi connectivity index (χ4n) is 2.46. The molecule has 0 saturated heterocycles. The van der Waals surface area contributed by atoms with Gasteiger partial charge in [-0.3, -0.25) is 13.7 Å². The van der Waals surface area contributed by atoms with Crippen LogP contribution in [-0.4, -0.2) is 56.3 Å². The topological polar surface area (TPSA) is 195 Å². The van der Waals surface area contributed by atoms with Crippen LogP contribution in [0.4, 0.5) is 5.69 Å². The third kappa shape index (κ3) is 5.50. The number of nitrogens with one attached hydrogen (secondary N) is 1. The zero-order valence-corrected chi connectivity index (χ0v) is 15.8. The second-order valence-electron chi connectivity index (χ2n) is 5.52. The van der Waals surface area contributed by atoms with E-state index in [9.17, 15) is 34.9 Å². The molecule has 0 bridgehead atoms. The summed E-state index contributed by atoms with van der Waals surface area (Å²) in [6.07, 6.45) is 0. The molecule has 5 N–H and O–H groups in total. The molecule has 2 rings (SSSR count). The minimum Gasteiger partial charge on any atom is -0.507 e. The van der Waals surface area contributed by atoms with Crippen molar-refractivity contribution in [1.82, 2.24) is 0 Å². The maximum Gasteiger partial charge on any atom is 0.294 e. The maximum absolute atomic E-state index is 11.6. The van der Waals surface area contributed by atoms with E-state index in [-0.39, 0.29) is 23.0 Å². The molecule has 0 aliphatic heterocycles. The van der Waals surface area contributed by atoms with Crippen LogP contribution >= 0.6 is 0 Å². The van der Waals surface area contributed by atoms with Crippen LogP contribution in [0.2, 0.25) is 0 Å². The van der Waals surface area contributed by atoms with Gasteiger partial charge in [-0.05, 0) is 17.5 Å². The lowest BCUT2D eigenvalue weighted by atomic mass is 10.0. The minimum absolute atomic E-state index is 0.0705. The van der Waals surface area contributed by atoms with Crippen molar-refractivity contribution in [2.75, 3.05) is 17.6 Å². The van der Waals surface area contributed by atoms with Crippen LogP contribution in [0.15, 0.2) is 29.2 Å². The molecule has 0 amide bonds. The van der Waals surface area contributed by atoms with Gasteiger partial charge in [0.05, 0.1) is 5.75 Å². The molecule has 0 radical (unpaired) electrons. The third-order valence-electron chi connectivity index (χ3n) is 3.48. The van der Waals surface area contributed by atoms with Crippen molar-refractivity contribution in [1.29, 1.82) is 0 Å². The van der Waals surface area contributed by atoms with Crippen LogP contribution < -0.4 is 5.32 Å². The molecule has 0 aliphatic rings. The van der Waals surface area contributed by atoms with E-state index in [0.29, 0.717) is 0 Å². The maximum atomic E-state index is 11.6. The van der Waals surface area contributed by atoms with Crippen molar-refractivity contribution in [2.45, 2.75) is 10.6 Å². The normalized spacial score (nSPS) is 13.0. The van der Waals surface area contributed by atoms with E-state index in [1.165, 1.54) is 18.2 Å². The van der Waals surface area contributed by atoms with Gasteiger partial charge in [-0.15, -0.1) is 0 Å². The molecular weight excluding hydrogens is 426 g/mol. The van der Waals surface area contributed by atoms with E-state index in [0.717, 1.165) is 6.07 Å². The first-order valence-corrected chi connectivity index (χ1v) is 11.7. The van der Waals surface area contributed by atoms with E-state index >= 15 is 0 Å². The molecule has 0 atom stereocenters. The van der Waals surface area contributed by atoms with Gasteiger partial charge in [-0.1, -0.05) is 12.1 Å². The Morgan fingerprint density at radius 3 is 2.07 bits per heavy atom. The predicted molar refractivity (Wildman–Crippen MR) is 95.6 cm³/mol. The number of benzene rings is 2. The van der Waals surface area contributed by atoms with Crippen LogP contribution in [0.3, 0.4) is 0 Å². The molecule has 0 saturated carbocycles. The second kappa shape index (κ2) is 7.21. The van der Waals surface area contributed by atoms with Crippen molar-refractivity contribution in [3.63, 3.8) is 0 Å². The Morgan fingerprint density at radius 2 is 1.56 bits per heavy atom. The molecule has 27 heavy (non-hydrogen) atoms. The Hall–Kier alpha value is -1.97.